The number of hydrogen-bond donors (Lipinski definition) is 3. The Bertz CT molecular complexity index is 626. The summed E-state index contributed by atoms with van der Waals surface area (Å²) in [7, 11) is 0. The summed E-state index contributed by atoms with van der Waals surface area (Å²) in [4.78, 5) is 15.7. The Kier molecular flexibility index (Phi) is 3.97. The van der Waals surface area contributed by atoms with Crippen molar-refractivity contribution in [2.45, 2.75) is 38.1 Å². The van der Waals surface area contributed by atoms with Crippen molar-refractivity contribution >= 4 is 16.8 Å². The zero-order valence-corrected chi connectivity index (χ0v) is 12.5. The first kappa shape index (κ1) is 14.1. The Morgan fingerprint density at radius 2 is 2.24 bits per heavy atom. The number of fused-ring (bicyclic) bond motifs is 1. The van der Waals surface area contributed by atoms with Crippen LogP contribution in [-0.4, -0.2) is 29.5 Å². The molecule has 1 unspecified atom stereocenters. The number of aromatic nitrogens is 1. The van der Waals surface area contributed by atoms with Crippen molar-refractivity contribution < 1.29 is 4.79 Å². The summed E-state index contributed by atoms with van der Waals surface area (Å²) >= 11 is 0. The molecule has 2 heterocycles. The minimum Gasteiger partial charge on any atom is -0.361 e. The molecule has 1 saturated heterocycles. The summed E-state index contributed by atoms with van der Waals surface area (Å²) < 4.78 is 0. The van der Waals surface area contributed by atoms with E-state index in [4.69, 9.17) is 0 Å². The third-order valence-electron chi connectivity index (χ3n) is 4.64. The average molecular weight is 285 g/mol. The fraction of sp³-hybridized carbons (Fsp3) is 0.471. The lowest BCUT2D eigenvalue weighted by Crippen LogP contribution is -2.53. The van der Waals surface area contributed by atoms with E-state index in [2.05, 4.69) is 34.7 Å². The summed E-state index contributed by atoms with van der Waals surface area (Å²) in [6, 6.07) is 8.27. The smallest absolute Gasteiger partial charge is 0.240 e. The molecule has 0 spiro atoms. The molecular weight excluding hydrogens is 262 g/mol. The number of benzene rings is 1. The Labute approximate surface area is 125 Å². The van der Waals surface area contributed by atoms with Crippen molar-refractivity contribution in [3.63, 3.8) is 0 Å². The average Bonchev–Trinajstić information content (AvgIpc) is 3.15. The standard InChI is InChI=1S/C17H23N3O/c1-2-17(9-5-10-20-17)16(21)18-11-8-13-12-19-15-7-4-3-6-14(13)15/h3-4,6-7,12,19-20H,2,5,8-11H2,1H3,(H,18,21). The van der Waals surface area contributed by atoms with E-state index in [1.807, 2.05) is 18.3 Å². The van der Waals surface area contributed by atoms with Crippen LogP contribution in [0, 0.1) is 0 Å². The van der Waals surface area contributed by atoms with E-state index in [0.717, 1.165) is 37.7 Å². The Hall–Kier alpha value is -1.81. The van der Waals surface area contributed by atoms with Crippen molar-refractivity contribution in [1.29, 1.82) is 0 Å². The maximum absolute atomic E-state index is 12.4. The van der Waals surface area contributed by atoms with Crippen molar-refractivity contribution in [3.05, 3.63) is 36.0 Å². The molecule has 3 N–H and O–H groups in total. The lowest BCUT2D eigenvalue weighted by atomic mass is 9.93. The first-order valence-electron chi connectivity index (χ1n) is 7.83. The zero-order chi connectivity index (χ0) is 14.7. The highest BCUT2D eigenvalue weighted by Crippen LogP contribution is 2.23. The van der Waals surface area contributed by atoms with Gasteiger partial charge in [0.15, 0.2) is 0 Å². The van der Waals surface area contributed by atoms with E-state index in [-0.39, 0.29) is 11.4 Å². The van der Waals surface area contributed by atoms with Crippen molar-refractivity contribution in [3.8, 4) is 0 Å². The quantitative estimate of drug-likeness (QED) is 0.790. The fourth-order valence-electron chi connectivity index (χ4n) is 3.28. The highest BCUT2D eigenvalue weighted by Gasteiger charge is 2.38. The molecule has 1 atom stereocenters. The van der Waals surface area contributed by atoms with Crippen molar-refractivity contribution in [1.82, 2.24) is 15.6 Å². The molecule has 0 saturated carbocycles. The van der Waals surface area contributed by atoms with Gasteiger partial charge in [-0.05, 0) is 43.9 Å². The largest absolute Gasteiger partial charge is 0.361 e. The van der Waals surface area contributed by atoms with Crippen LogP contribution in [0.3, 0.4) is 0 Å². The summed E-state index contributed by atoms with van der Waals surface area (Å²) in [6.07, 6.45) is 5.79. The highest BCUT2D eigenvalue weighted by molar-refractivity contribution is 5.87. The van der Waals surface area contributed by atoms with Crippen LogP contribution in [0.2, 0.25) is 0 Å². The first-order valence-corrected chi connectivity index (χ1v) is 7.83. The third-order valence-corrected chi connectivity index (χ3v) is 4.64. The van der Waals surface area contributed by atoms with Crippen molar-refractivity contribution in [2.75, 3.05) is 13.1 Å². The number of rotatable bonds is 5. The van der Waals surface area contributed by atoms with Gasteiger partial charge in [0, 0.05) is 23.6 Å². The van der Waals surface area contributed by atoms with E-state index in [0.29, 0.717) is 6.54 Å². The van der Waals surface area contributed by atoms with Gasteiger partial charge in [0.25, 0.3) is 0 Å². The summed E-state index contributed by atoms with van der Waals surface area (Å²) in [5.74, 6) is 0.155. The van der Waals surface area contributed by atoms with Gasteiger partial charge in [-0.1, -0.05) is 25.1 Å². The second kappa shape index (κ2) is 5.90. The topological polar surface area (TPSA) is 56.9 Å². The molecule has 1 aliphatic rings. The van der Waals surface area contributed by atoms with Gasteiger partial charge in [0.1, 0.15) is 0 Å². The van der Waals surface area contributed by atoms with Gasteiger partial charge in [-0.2, -0.15) is 0 Å². The molecular formula is C17H23N3O. The Morgan fingerprint density at radius 3 is 3.00 bits per heavy atom. The number of aromatic amines is 1. The van der Waals surface area contributed by atoms with Gasteiger partial charge in [-0.15, -0.1) is 0 Å². The molecule has 112 valence electrons. The Morgan fingerprint density at radius 1 is 1.38 bits per heavy atom. The second-order valence-electron chi connectivity index (χ2n) is 5.83. The molecule has 1 fully saturated rings. The predicted octanol–water partition coefficient (Wildman–Crippen LogP) is 2.36. The van der Waals surface area contributed by atoms with Crippen LogP contribution in [0.15, 0.2) is 30.5 Å². The molecule has 1 amide bonds. The number of H-pyrrole nitrogens is 1. The van der Waals surface area contributed by atoms with Gasteiger partial charge in [0.2, 0.25) is 5.91 Å². The molecule has 0 aliphatic carbocycles. The molecule has 4 heteroatoms. The Balaban J connectivity index is 1.60. The fourth-order valence-corrected chi connectivity index (χ4v) is 3.28. The lowest BCUT2D eigenvalue weighted by molar-refractivity contribution is -0.127. The summed E-state index contributed by atoms with van der Waals surface area (Å²) in [5.41, 5.74) is 2.08. The van der Waals surface area contributed by atoms with Gasteiger partial charge < -0.3 is 15.6 Å². The maximum atomic E-state index is 12.4. The number of hydrogen-bond acceptors (Lipinski definition) is 2. The van der Waals surface area contributed by atoms with Gasteiger partial charge in [-0.3, -0.25) is 4.79 Å². The van der Waals surface area contributed by atoms with E-state index in [9.17, 15) is 4.79 Å². The highest BCUT2D eigenvalue weighted by atomic mass is 16.2. The third kappa shape index (κ3) is 2.68. The van der Waals surface area contributed by atoms with E-state index in [1.165, 1.54) is 10.9 Å². The van der Waals surface area contributed by atoms with Crippen LogP contribution < -0.4 is 10.6 Å². The van der Waals surface area contributed by atoms with Gasteiger partial charge in [-0.25, -0.2) is 0 Å². The van der Waals surface area contributed by atoms with Crippen LogP contribution in [-0.2, 0) is 11.2 Å². The number of para-hydroxylation sites is 1. The zero-order valence-electron chi connectivity index (χ0n) is 12.5. The van der Waals surface area contributed by atoms with Crippen LogP contribution in [0.25, 0.3) is 10.9 Å². The van der Waals surface area contributed by atoms with Crippen molar-refractivity contribution in [2.24, 2.45) is 0 Å². The number of nitrogens with one attached hydrogen (secondary N) is 3. The lowest BCUT2D eigenvalue weighted by Gasteiger charge is -2.26. The van der Waals surface area contributed by atoms with E-state index >= 15 is 0 Å². The van der Waals surface area contributed by atoms with Crippen LogP contribution >= 0.6 is 0 Å². The molecule has 2 aromatic rings. The molecule has 1 aliphatic heterocycles. The van der Waals surface area contributed by atoms with Crippen LogP contribution in [0.4, 0.5) is 0 Å². The van der Waals surface area contributed by atoms with Gasteiger partial charge >= 0.3 is 0 Å². The molecule has 1 aromatic carbocycles. The molecule has 3 rings (SSSR count). The van der Waals surface area contributed by atoms with Gasteiger partial charge in [0.05, 0.1) is 5.54 Å². The molecule has 0 radical (unpaired) electrons. The molecule has 1 aromatic heterocycles. The van der Waals surface area contributed by atoms with Crippen LogP contribution in [0.1, 0.15) is 31.7 Å². The van der Waals surface area contributed by atoms with Crippen LogP contribution in [0.5, 0.6) is 0 Å². The minimum absolute atomic E-state index is 0.155. The summed E-state index contributed by atoms with van der Waals surface area (Å²) in [6.45, 7) is 3.71. The summed E-state index contributed by atoms with van der Waals surface area (Å²) in [5, 5.41) is 7.72. The van der Waals surface area contributed by atoms with E-state index in [1.54, 1.807) is 0 Å². The minimum atomic E-state index is -0.333. The predicted molar refractivity (Wildman–Crippen MR) is 85.3 cm³/mol. The molecule has 0 bridgehead atoms. The molecule has 21 heavy (non-hydrogen) atoms. The number of carbonyl (C=O) groups excluding carboxylic acids is 1. The first-order chi connectivity index (χ1) is 10.2. The normalized spacial score (nSPS) is 21.8. The SMILES string of the molecule is CCC1(C(=O)NCCc2c[nH]c3ccccc23)CCCN1. The monoisotopic (exact) mass is 285 g/mol. The second-order valence-corrected chi connectivity index (χ2v) is 5.83. The molecule has 4 nitrogen and oxygen atoms in total. The van der Waals surface area contributed by atoms with E-state index < -0.39 is 0 Å². The number of amides is 1. The number of carbonyl (C=O) groups is 1. The maximum Gasteiger partial charge on any atom is 0.240 e.